The highest BCUT2D eigenvalue weighted by Gasteiger charge is 2.26. The maximum absolute atomic E-state index is 6.35. The van der Waals surface area contributed by atoms with Crippen LogP contribution in [0.3, 0.4) is 0 Å². The van der Waals surface area contributed by atoms with Gasteiger partial charge in [0, 0.05) is 11.8 Å². The second-order valence-electron chi connectivity index (χ2n) is 5.88. The minimum absolute atomic E-state index is 0.455. The summed E-state index contributed by atoms with van der Waals surface area (Å²) >= 11 is 0. The maximum atomic E-state index is 6.35. The Morgan fingerprint density at radius 2 is 1.95 bits per heavy atom. The Morgan fingerprint density at radius 1 is 1.30 bits per heavy atom. The molecule has 1 aromatic rings. The first-order valence-electron chi connectivity index (χ1n) is 8.02. The summed E-state index contributed by atoms with van der Waals surface area (Å²) in [6, 6.07) is 0. The third-order valence-electron chi connectivity index (χ3n) is 4.66. The largest absolute Gasteiger partial charge is 0.384 e. The smallest absolute Gasteiger partial charge is 0.127 e. The van der Waals surface area contributed by atoms with Gasteiger partial charge in [-0.05, 0) is 25.7 Å². The lowest BCUT2D eigenvalue weighted by Gasteiger charge is -2.21. The van der Waals surface area contributed by atoms with Crippen LogP contribution in [0.2, 0.25) is 0 Å². The van der Waals surface area contributed by atoms with Crippen LogP contribution in [-0.2, 0) is 6.54 Å². The molecule has 3 heteroatoms. The molecule has 0 saturated heterocycles. The van der Waals surface area contributed by atoms with Crippen LogP contribution in [0, 0.1) is 12.3 Å². The fourth-order valence-corrected chi connectivity index (χ4v) is 3.41. The van der Waals surface area contributed by atoms with Crippen molar-refractivity contribution in [3.8, 4) is 12.3 Å². The Hall–Kier alpha value is -1.43. The van der Waals surface area contributed by atoms with Gasteiger partial charge in [0.05, 0.1) is 12.2 Å². The van der Waals surface area contributed by atoms with E-state index in [4.69, 9.17) is 17.1 Å². The number of anilines is 1. The monoisotopic (exact) mass is 273 g/mol. The number of rotatable bonds is 5. The fourth-order valence-electron chi connectivity index (χ4n) is 3.41. The lowest BCUT2D eigenvalue weighted by Crippen LogP contribution is -2.13. The molecular weight excluding hydrogens is 246 g/mol. The number of nitrogens with zero attached hydrogens (tertiary/aromatic N) is 2. The molecular formula is C17H27N3. The predicted molar refractivity (Wildman–Crippen MR) is 84.6 cm³/mol. The van der Waals surface area contributed by atoms with E-state index in [1.807, 2.05) is 0 Å². The van der Waals surface area contributed by atoms with Gasteiger partial charge in [0.1, 0.15) is 11.6 Å². The van der Waals surface area contributed by atoms with Crippen molar-refractivity contribution in [2.45, 2.75) is 77.2 Å². The molecule has 110 valence electrons. The molecule has 0 radical (unpaired) electrons. The first-order valence-corrected chi connectivity index (χ1v) is 8.02. The van der Waals surface area contributed by atoms with Crippen molar-refractivity contribution in [2.75, 3.05) is 5.73 Å². The molecule has 0 unspecified atom stereocenters. The van der Waals surface area contributed by atoms with Crippen LogP contribution < -0.4 is 5.73 Å². The predicted octanol–water partition coefficient (Wildman–Crippen LogP) is 4.05. The van der Waals surface area contributed by atoms with Gasteiger partial charge in [0.15, 0.2) is 0 Å². The summed E-state index contributed by atoms with van der Waals surface area (Å²) in [5, 5.41) is 0. The van der Waals surface area contributed by atoms with Gasteiger partial charge in [-0.15, -0.1) is 6.42 Å². The van der Waals surface area contributed by atoms with Crippen LogP contribution in [-0.4, -0.2) is 9.55 Å². The highest BCUT2D eigenvalue weighted by molar-refractivity contribution is 5.42. The van der Waals surface area contributed by atoms with Crippen LogP contribution in [0.5, 0.6) is 0 Å². The van der Waals surface area contributed by atoms with E-state index in [1.165, 1.54) is 32.1 Å². The van der Waals surface area contributed by atoms with Gasteiger partial charge in [-0.1, -0.05) is 39.0 Å². The molecule has 1 aromatic heterocycles. The molecule has 0 atom stereocenters. The third kappa shape index (κ3) is 2.85. The summed E-state index contributed by atoms with van der Waals surface area (Å²) in [6.07, 6.45) is 14.1. The molecule has 2 rings (SSSR count). The van der Waals surface area contributed by atoms with E-state index in [9.17, 15) is 0 Å². The second-order valence-corrected chi connectivity index (χ2v) is 5.88. The molecule has 0 aliphatic heterocycles. The lowest BCUT2D eigenvalue weighted by molar-refractivity contribution is 0.419. The standard InChI is InChI=1S/C17H27N3/c1-4-12-20-16(18)15(13(5-2)6-3)19-17(20)14-10-8-7-9-11-14/h1,13-14H,5-12,18H2,2-3H3. The SMILES string of the molecule is C#CCn1c(C2CCCCC2)nc(C(CC)CC)c1N. The van der Waals surface area contributed by atoms with E-state index < -0.39 is 0 Å². The molecule has 1 aliphatic carbocycles. The molecule has 0 spiro atoms. The van der Waals surface area contributed by atoms with Crippen LogP contribution >= 0.6 is 0 Å². The Bertz CT molecular complexity index is 471. The second kappa shape index (κ2) is 6.83. The Kier molecular flexibility index (Phi) is 5.11. The van der Waals surface area contributed by atoms with Gasteiger partial charge in [-0.3, -0.25) is 0 Å². The molecule has 2 N–H and O–H groups in total. The van der Waals surface area contributed by atoms with E-state index in [2.05, 4.69) is 24.3 Å². The quantitative estimate of drug-likeness (QED) is 0.822. The van der Waals surface area contributed by atoms with Crippen LogP contribution in [0.1, 0.15) is 82.1 Å². The van der Waals surface area contributed by atoms with Gasteiger partial charge in [0.2, 0.25) is 0 Å². The van der Waals surface area contributed by atoms with Crippen molar-refractivity contribution in [1.29, 1.82) is 0 Å². The number of terminal acetylenes is 1. The highest BCUT2D eigenvalue weighted by atomic mass is 15.1. The molecule has 0 amide bonds. The minimum Gasteiger partial charge on any atom is -0.384 e. The van der Waals surface area contributed by atoms with Crippen LogP contribution in [0.25, 0.3) is 0 Å². The van der Waals surface area contributed by atoms with Crippen molar-refractivity contribution in [3.63, 3.8) is 0 Å². The molecule has 0 bridgehead atoms. The van der Waals surface area contributed by atoms with Crippen molar-refractivity contribution in [3.05, 3.63) is 11.5 Å². The van der Waals surface area contributed by atoms with Gasteiger partial charge >= 0.3 is 0 Å². The summed E-state index contributed by atoms with van der Waals surface area (Å²) in [4.78, 5) is 4.94. The summed E-state index contributed by atoms with van der Waals surface area (Å²) in [5.74, 6) is 5.68. The zero-order valence-electron chi connectivity index (χ0n) is 12.9. The third-order valence-corrected chi connectivity index (χ3v) is 4.66. The zero-order chi connectivity index (χ0) is 14.5. The van der Waals surface area contributed by atoms with Gasteiger partial charge < -0.3 is 10.3 Å². The van der Waals surface area contributed by atoms with Crippen molar-refractivity contribution in [1.82, 2.24) is 9.55 Å². The summed E-state index contributed by atoms with van der Waals surface area (Å²) in [6.45, 7) is 4.95. The Morgan fingerprint density at radius 3 is 2.50 bits per heavy atom. The van der Waals surface area contributed by atoms with Gasteiger partial charge in [-0.25, -0.2) is 4.98 Å². The summed E-state index contributed by atoms with van der Waals surface area (Å²) < 4.78 is 2.09. The van der Waals surface area contributed by atoms with Crippen LogP contribution in [0.15, 0.2) is 0 Å². The van der Waals surface area contributed by atoms with Crippen molar-refractivity contribution < 1.29 is 0 Å². The number of nitrogen functional groups attached to an aromatic ring is 1. The Labute approximate surface area is 123 Å². The summed E-state index contributed by atoms with van der Waals surface area (Å²) in [7, 11) is 0. The van der Waals surface area contributed by atoms with E-state index in [0.717, 1.165) is 30.2 Å². The van der Waals surface area contributed by atoms with Crippen LogP contribution in [0.4, 0.5) is 5.82 Å². The normalized spacial score (nSPS) is 16.5. The lowest BCUT2D eigenvalue weighted by atomic mass is 9.88. The van der Waals surface area contributed by atoms with Crippen molar-refractivity contribution >= 4 is 5.82 Å². The highest BCUT2D eigenvalue weighted by Crippen LogP contribution is 2.36. The zero-order valence-corrected chi connectivity index (χ0v) is 12.9. The number of aromatic nitrogens is 2. The molecule has 3 nitrogen and oxygen atoms in total. The van der Waals surface area contributed by atoms with E-state index in [1.54, 1.807) is 0 Å². The minimum atomic E-state index is 0.455. The van der Waals surface area contributed by atoms with Crippen molar-refractivity contribution in [2.24, 2.45) is 0 Å². The summed E-state index contributed by atoms with van der Waals surface area (Å²) in [5.41, 5.74) is 7.43. The van der Waals surface area contributed by atoms with E-state index in [-0.39, 0.29) is 0 Å². The van der Waals surface area contributed by atoms with Gasteiger partial charge in [0.25, 0.3) is 0 Å². The Balaban J connectivity index is 2.38. The molecule has 20 heavy (non-hydrogen) atoms. The average molecular weight is 273 g/mol. The molecule has 1 aliphatic rings. The van der Waals surface area contributed by atoms with E-state index >= 15 is 0 Å². The average Bonchev–Trinajstić information content (AvgIpc) is 2.80. The number of imidazole rings is 1. The molecule has 1 fully saturated rings. The fraction of sp³-hybridized carbons (Fsp3) is 0.706. The van der Waals surface area contributed by atoms with Gasteiger partial charge in [-0.2, -0.15) is 0 Å². The number of hydrogen-bond donors (Lipinski definition) is 1. The van der Waals surface area contributed by atoms with E-state index in [0.29, 0.717) is 18.4 Å². The maximum Gasteiger partial charge on any atom is 0.127 e. The topological polar surface area (TPSA) is 43.8 Å². The molecule has 0 aromatic carbocycles. The first kappa shape index (κ1) is 15.0. The number of nitrogens with two attached hydrogens (primary N) is 1. The first-order chi connectivity index (χ1) is 9.72. The molecule has 1 saturated carbocycles. The molecule has 1 heterocycles. The number of hydrogen-bond acceptors (Lipinski definition) is 2.